The Morgan fingerprint density at radius 2 is 1.50 bits per heavy atom. The maximum atomic E-state index is 11.9. The van der Waals surface area contributed by atoms with Gasteiger partial charge in [-0.15, -0.1) is 13.2 Å². The molecular formula is C23H45N2NaO6. The number of hydrogen-bond donors (Lipinski definition) is 3. The maximum absolute atomic E-state index is 11.9. The van der Waals surface area contributed by atoms with Crippen LogP contribution in [0.3, 0.4) is 0 Å². The monoisotopic (exact) mass is 468 g/mol. The summed E-state index contributed by atoms with van der Waals surface area (Å²) in [5.74, 6) is -1.20. The van der Waals surface area contributed by atoms with Crippen molar-refractivity contribution in [1.29, 1.82) is 0 Å². The number of carbonyl (C=O) groups excluding carboxylic acids is 2. The Hall–Kier alpha value is -1.03. The van der Waals surface area contributed by atoms with E-state index in [2.05, 4.69) is 23.5 Å². The molecule has 2 amide bonds. The van der Waals surface area contributed by atoms with Gasteiger partial charge in [0.25, 0.3) is 5.91 Å². The third kappa shape index (κ3) is 19.6. The van der Waals surface area contributed by atoms with Gasteiger partial charge in [0, 0.05) is 13.2 Å². The van der Waals surface area contributed by atoms with Gasteiger partial charge in [0.2, 0.25) is 5.91 Å². The fraction of sp³-hybridized carbons (Fsp3) is 0.696. The van der Waals surface area contributed by atoms with Gasteiger partial charge in [0.05, 0.1) is 19.2 Å². The third-order valence-corrected chi connectivity index (χ3v) is 3.84. The number of allylic oxidation sites excluding steroid dienone is 2. The minimum atomic E-state index is -1.15. The van der Waals surface area contributed by atoms with Crippen LogP contribution in [0.25, 0.3) is 0 Å². The van der Waals surface area contributed by atoms with Crippen LogP contribution in [-0.4, -0.2) is 54.5 Å². The van der Waals surface area contributed by atoms with Gasteiger partial charge in [-0.05, 0) is 46.5 Å². The van der Waals surface area contributed by atoms with Crippen molar-refractivity contribution in [1.82, 2.24) is 5.32 Å². The van der Waals surface area contributed by atoms with Crippen molar-refractivity contribution < 1.29 is 59.2 Å². The average molecular weight is 469 g/mol. The van der Waals surface area contributed by atoms with Crippen LogP contribution in [0.1, 0.15) is 67.7 Å². The van der Waals surface area contributed by atoms with E-state index in [1.54, 1.807) is 19.1 Å². The largest absolute Gasteiger partial charge is 1.00 e. The summed E-state index contributed by atoms with van der Waals surface area (Å²) >= 11 is 0. The number of amides is 2. The molecule has 1 heterocycles. The van der Waals surface area contributed by atoms with E-state index < -0.39 is 23.3 Å². The van der Waals surface area contributed by atoms with E-state index in [1.807, 2.05) is 41.5 Å². The molecule has 0 aromatic heterocycles. The van der Waals surface area contributed by atoms with Gasteiger partial charge in [-0.1, -0.05) is 39.3 Å². The average Bonchev–Trinajstić information content (AvgIpc) is 2.71. The smallest absolute Gasteiger partial charge is 0.846 e. The number of carbonyl (C=O) groups is 2. The Balaban J connectivity index is -0.000000125. The van der Waals surface area contributed by atoms with E-state index in [0.29, 0.717) is 6.42 Å². The molecule has 0 aliphatic carbocycles. The first-order valence-corrected chi connectivity index (χ1v) is 10.7. The van der Waals surface area contributed by atoms with Gasteiger partial charge in [0.15, 0.2) is 0 Å². The number of rotatable bonds is 7. The van der Waals surface area contributed by atoms with Crippen LogP contribution in [0.4, 0.5) is 0 Å². The van der Waals surface area contributed by atoms with E-state index in [1.165, 1.54) is 0 Å². The van der Waals surface area contributed by atoms with Gasteiger partial charge >= 0.3 is 29.6 Å². The molecule has 0 aromatic rings. The van der Waals surface area contributed by atoms with Crippen molar-refractivity contribution in [2.24, 2.45) is 16.3 Å². The van der Waals surface area contributed by atoms with Crippen LogP contribution >= 0.6 is 0 Å². The normalized spacial score (nSPS) is 16.7. The van der Waals surface area contributed by atoms with Crippen molar-refractivity contribution in [3.63, 3.8) is 0 Å². The SMILES string of the molecule is C=CC.C=CC.CCCC(C)C1(CC)C(=O)N=C([O-])NC1=O.CCOCC.OCCO.[Na+]. The van der Waals surface area contributed by atoms with Gasteiger partial charge in [-0.3, -0.25) is 9.59 Å². The summed E-state index contributed by atoms with van der Waals surface area (Å²) in [6.45, 7) is 21.5. The van der Waals surface area contributed by atoms with E-state index >= 15 is 0 Å². The summed E-state index contributed by atoms with van der Waals surface area (Å²) in [5, 5.41) is 28.3. The molecule has 32 heavy (non-hydrogen) atoms. The van der Waals surface area contributed by atoms with E-state index in [9.17, 15) is 14.7 Å². The second-order valence-electron chi connectivity index (χ2n) is 6.24. The Kier molecular flexibility index (Phi) is 38.6. The molecule has 0 aromatic carbocycles. The zero-order valence-electron chi connectivity index (χ0n) is 21.6. The van der Waals surface area contributed by atoms with Crippen molar-refractivity contribution in [3.05, 3.63) is 25.3 Å². The number of nitrogens with zero attached hydrogens (tertiary/aromatic N) is 1. The molecule has 0 bridgehead atoms. The summed E-state index contributed by atoms with van der Waals surface area (Å²) in [6.07, 6.45) is 5.52. The quantitative estimate of drug-likeness (QED) is 0.265. The van der Waals surface area contributed by atoms with Crippen LogP contribution in [0, 0.1) is 11.3 Å². The van der Waals surface area contributed by atoms with Gasteiger partial charge in [-0.25, -0.2) is 4.99 Å². The number of amidine groups is 1. The molecule has 0 spiro atoms. The van der Waals surface area contributed by atoms with E-state index in [0.717, 1.165) is 26.1 Å². The fourth-order valence-electron chi connectivity index (χ4n) is 2.50. The topological polar surface area (TPSA) is 131 Å². The Morgan fingerprint density at radius 3 is 1.72 bits per heavy atom. The number of nitrogens with one attached hydrogen (secondary N) is 1. The molecule has 0 saturated carbocycles. The first-order chi connectivity index (χ1) is 14.6. The van der Waals surface area contributed by atoms with Gasteiger partial charge in [0.1, 0.15) is 5.41 Å². The molecule has 3 N–H and O–H groups in total. The number of aliphatic imine (C=N–C) groups is 1. The standard InChI is InChI=1S/C11H18N2O3.C4H10O.2C3H6.C2H6O2.Na/c1-4-6-7(3)11(5-2)8(14)12-10(16)13-9(11)15;1-3-5-4-2;2*1-3-2;3-1-2-4;/h7H,4-6H2,1-3H3,(H2,12,13,14,15,16);3-4H2,1-2H3;2*3H,1H2,2H3;3-4H,1-2H2;/q;;;;;+1/p-1. The molecule has 2 atom stereocenters. The molecule has 0 radical (unpaired) electrons. The Bertz CT molecular complexity index is 491. The molecule has 1 rings (SSSR count). The first kappa shape index (κ1) is 41.2. The predicted octanol–water partition coefficient (Wildman–Crippen LogP) is -0.406. The predicted molar refractivity (Wildman–Crippen MR) is 125 cm³/mol. The zero-order chi connectivity index (χ0) is 25.3. The molecule has 2 unspecified atom stereocenters. The fourth-order valence-corrected chi connectivity index (χ4v) is 2.50. The first-order valence-electron chi connectivity index (χ1n) is 10.7. The Morgan fingerprint density at radius 1 is 1.09 bits per heavy atom. The molecular weight excluding hydrogens is 423 g/mol. The zero-order valence-corrected chi connectivity index (χ0v) is 23.6. The van der Waals surface area contributed by atoms with Crippen molar-refractivity contribution >= 4 is 17.8 Å². The van der Waals surface area contributed by atoms with Gasteiger partial charge in [-0.2, -0.15) is 0 Å². The number of hydrogen-bond acceptors (Lipinski definition) is 6. The second-order valence-corrected chi connectivity index (χ2v) is 6.24. The van der Waals surface area contributed by atoms with Crippen molar-refractivity contribution in [3.8, 4) is 0 Å². The number of ether oxygens (including phenoxy) is 1. The second kappa shape index (κ2) is 30.0. The third-order valence-electron chi connectivity index (χ3n) is 3.84. The number of aliphatic hydroxyl groups excluding tert-OH is 2. The molecule has 9 heteroatoms. The Labute approximate surface area is 217 Å². The summed E-state index contributed by atoms with van der Waals surface area (Å²) in [5.41, 5.74) is -1.15. The molecule has 1 aliphatic rings. The van der Waals surface area contributed by atoms with Crippen molar-refractivity contribution in [2.75, 3.05) is 26.4 Å². The minimum absolute atomic E-state index is 0. The molecule has 1 aliphatic heterocycles. The van der Waals surface area contributed by atoms with Crippen LogP contribution < -0.4 is 40.0 Å². The minimum Gasteiger partial charge on any atom is -0.846 e. The van der Waals surface area contributed by atoms with Crippen LogP contribution in [0.2, 0.25) is 0 Å². The van der Waals surface area contributed by atoms with Crippen LogP contribution in [0.5, 0.6) is 0 Å². The molecule has 0 fully saturated rings. The molecule has 0 saturated heterocycles. The van der Waals surface area contributed by atoms with E-state index in [4.69, 9.17) is 14.9 Å². The number of aliphatic hydroxyl groups is 2. The van der Waals surface area contributed by atoms with E-state index in [-0.39, 0.29) is 48.7 Å². The van der Waals surface area contributed by atoms with Crippen LogP contribution in [0.15, 0.2) is 30.3 Å². The molecule has 8 nitrogen and oxygen atoms in total. The van der Waals surface area contributed by atoms with Gasteiger partial charge < -0.3 is 25.4 Å². The van der Waals surface area contributed by atoms with Crippen molar-refractivity contribution in [2.45, 2.75) is 67.7 Å². The summed E-state index contributed by atoms with van der Waals surface area (Å²) < 4.78 is 4.83. The maximum Gasteiger partial charge on any atom is 1.00 e. The summed E-state index contributed by atoms with van der Waals surface area (Å²) in [6, 6.07) is -0.845. The molecule has 184 valence electrons. The van der Waals surface area contributed by atoms with Crippen LogP contribution in [-0.2, 0) is 14.3 Å². The summed E-state index contributed by atoms with van der Waals surface area (Å²) in [7, 11) is 0. The summed E-state index contributed by atoms with van der Waals surface area (Å²) in [4.78, 5) is 27.1.